The van der Waals surface area contributed by atoms with Crippen molar-refractivity contribution >= 4 is 21.5 Å². The van der Waals surface area contributed by atoms with E-state index in [4.69, 9.17) is 0 Å². The summed E-state index contributed by atoms with van der Waals surface area (Å²) in [7, 11) is 0. The number of hydrogen-bond donors (Lipinski definition) is 0. The van der Waals surface area contributed by atoms with E-state index in [1.54, 1.807) is 0 Å². The van der Waals surface area contributed by atoms with Gasteiger partial charge in [-0.15, -0.1) is 0 Å². The van der Waals surface area contributed by atoms with Crippen LogP contribution in [0, 0.1) is 27.7 Å². The fraction of sp³-hybridized carbons (Fsp3) is 0.222. The van der Waals surface area contributed by atoms with Crippen molar-refractivity contribution < 1.29 is 0 Å². The van der Waals surface area contributed by atoms with Gasteiger partial charge in [0.15, 0.2) is 0 Å². The molecule has 0 saturated carbocycles. The van der Waals surface area contributed by atoms with Crippen LogP contribution in [0.5, 0.6) is 0 Å². The Morgan fingerprint density at radius 2 is 0.889 bits per heavy atom. The van der Waals surface area contributed by atoms with Crippen molar-refractivity contribution in [2.75, 3.05) is 0 Å². The van der Waals surface area contributed by atoms with Crippen molar-refractivity contribution in [3.8, 4) is 0 Å². The molecule has 0 amide bonds. The zero-order chi connectivity index (χ0) is 12.9. The molecule has 0 N–H and O–H groups in total. The van der Waals surface area contributed by atoms with Crippen molar-refractivity contribution in [2.24, 2.45) is 0 Å². The molecule has 0 radical (unpaired) electrons. The molecule has 0 spiro atoms. The van der Waals surface area contributed by atoms with Gasteiger partial charge in [0, 0.05) is 0 Å². The first kappa shape index (κ1) is 11.3. The molecule has 0 nitrogen and oxygen atoms in total. The van der Waals surface area contributed by atoms with Crippen LogP contribution < -0.4 is 0 Å². The number of rotatable bonds is 0. The van der Waals surface area contributed by atoms with E-state index in [1.165, 1.54) is 43.8 Å². The largest absolute Gasteiger partial charge is 0.0587 e. The van der Waals surface area contributed by atoms with Crippen LogP contribution in [-0.2, 0) is 0 Å². The van der Waals surface area contributed by atoms with Crippen LogP contribution in [-0.4, -0.2) is 0 Å². The average Bonchev–Trinajstić information content (AvgIpc) is 2.36. The molecule has 0 saturated heterocycles. The molecule has 0 heteroatoms. The fourth-order valence-electron chi connectivity index (χ4n) is 2.88. The maximum atomic E-state index is 2.30. The Hall–Kier alpha value is -1.82. The second kappa shape index (κ2) is 3.84. The third-order valence-electron chi connectivity index (χ3n) is 3.97. The van der Waals surface area contributed by atoms with Crippen LogP contribution in [0.4, 0.5) is 0 Å². The van der Waals surface area contributed by atoms with Gasteiger partial charge in [0.25, 0.3) is 0 Å². The molecule has 0 unspecified atom stereocenters. The second-order valence-corrected chi connectivity index (χ2v) is 5.35. The smallest absolute Gasteiger partial charge is 0.0143 e. The van der Waals surface area contributed by atoms with Crippen molar-refractivity contribution in [3.05, 3.63) is 58.7 Å². The summed E-state index contributed by atoms with van der Waals surface area (Å²) in [4.78, 5) is 0. The van der Waals surface area contributed by atoms with E-state index in [2.05, 4.69) is 64.1 Å². The van der Waals surface area contributed by atoms with Crippen LogP contribution in [0.2, 0.25) is 0 Å². The van der Waals surface area contributed by atoms with E-state index in [1.807, 2.05) is 0 Å². The highest BCUT2D eigenvalue weighted by molar-refractivity contribution is 6.05. The Kier molecular flexibility index (Phi) is 2.41. The van der Waals surface area contributed by atoms with Gasteiger partial charge in [0.05, 0.1) is 0 Å². The van der Waals surface area contributed by atoms with Crippen molar-refractivity contribution in [3.63, 3.8) is 0 Å². The average molecular weight is 234 g/mol. The number of fused-ring (bicyclic) bond motifs is 2. The van der Waals surface area contributed by atoms with Crippen LogP contribution in [0.25, 0.3) is 21.5 Å². The van der Waals surface area contributed by atoms with E-state index in [0.29, 0.717) is 0 Å². The van der Waals surface area contributed by atoms with E-state index in [9.17, 15) is 0 Å². The molecule has 0 aliphatic carbocycles. The number of aryl methyl sites for hydroxylation is 4. The monoisotopic (exact) mass is 234 g/mol. The molecule has 3 aromatic carbocycles. The molecule has 0 atom stereocenters. The molecule has 0 aliphatic heterocycles. The predicted molar refractivity (Wildman–Crippen MR) is 80.4 cm³/mol. The van der Waals surface area contributed by atoms with Gasteiger partial charge in [0.2, 0.25) is 0 Å². The Labute approximate surface area is 108 Å². The normalized spacial score (nSPS) is 11.3. The van der Waals surface area contributed by atoms with E-state index in [0.717, 1.165) is 0 Å². The highest BCUT2D eigenvalue weighted by Crippen LogP contribution is 2.32. The van der Waals surface area contributed by atoms with Crippen LogP contribution >= 0.6 is 0 Å². The minimum atomic E-state index is 1.33. The molecular weight excluding hydrogens is 216 g/mol. The van der Waals surface area contributed by atoms with Gasteiger partial charge < -0.3 is 0 Å². The summed E-state index contributed by atoms with van der Waals surface area (Å²) in [5.74, 6) is 0. The fourth-order valence-corrected chi connectivity index (χ4v) is 2.88. The first-order valence-electron chi connectivity index (χ1n) is 6.48. The van der Waals surface area contributed by atoms with Gasteiger partial charge in [-0.1, -0.05) is 47.5 Å². The van der Waals surface area contributed by atoms with Crippen molar-refractivity contribution in [1.82, 2.24) is 0 Å². The maximum absolute atomic E-state index is 2.30. The summed E-state index contributed by atoms with van der Waals surface area (Å²) in [6.07, 6.45) is 0. The van der Waals surface area contributed by atoms with Crippen LogP contribution in [0.1, 0.15) is 22.3 Å². The lowest BCUT2D eigenvalue weighted by Gasteiger charge is -2.13. The van der Waals surface area contributed by atoms with Gasteiger partial charge in [-0.3, -0.25) is 0 Å². The zero-order valence-electron chi connectivity index (χ0n) is 11.5. The molecule has 3 rings (SSSR count). The quantitative estimate of drug-likeness (QED) is 0.467. The molecule has 0 aromatic heterocycles. The van der Waals surface area contributed by atoms with Crippen LogP contribution in [0.15, 0.2) is 36.4 Å². The standard InChI is InChI=1S/C18H18/c1-11-5-7-15-14(4)18-10-12(2)6-8-16(18)13(3)17(15)9-11/h5-10H,1-4H3. The van der Waals surface area contributed by atoms with E-state index in [-0.39, 0.29) is 0 Å². The van der Waals surface area contributed by atoms with Crippen molar-refractivity contribution in [1.29, 1.82) is 0 Å². The topological polar surface area (TPSA) is 0 Å². The zero-order valence-corrected chi connectivity index (χ0v) is 11.5. The third-order valence-corrected chi connectivity index (χ3v) is 3.97. The van der Waals surface area contributed by atoms with Gasteiger partial charge >= 0.3 is 0 Å². The molecule has 0 fully saturated rings. The predicted octanol–water partition coefficient (Wildman–Crippen LogP) is 5.23. The Morgan fingerprint density at radius 3 is 1.28 bits per heavy atom. The lowest BCUT2D eigenvalue weighted by molar-refractivity contribution is 1.45. The molecule has 0 heterocycles. The lowest BCUT2D eigenvalue weighted by Crippen LogP contribution is -1.89. The molecule has 90 valence electrons. The van der Waals surface area contributed by atoms with Gasteiger partial charge in [-0.25, -0.2) is 0 Å². The minimum absolute atomic E-state index is 1.33. The second-order valence-electron chi connectivity index (χ2n) is 5.35. The molecule has 3 aromatic rings. The lowest BCUT2D eigenvalue weighted by atomic mass is 9.91. The first-order chi connectivity index (χ1) is 8.58. The molecule has 18 heavy (non-hydrogen) atoms. The highest BCUT2D eigenvalue weighted by Gasteiger charge is 2.08. The minimum Gasteiger partial charge on any atom is -0.0587 e. The number of hydrogen-bond acceptors (Lipinski definition) is 0. The summed E-state index contributed by atoms with van der Waals surface area (Å²) in [6.45, 7) is 8.79. The summed E-state index contributed by atoms with van der Waals surface area (Å²) >= 11 is 0. The number of benzene rings is 3. The van der Waals surface area contributed by atoms with Gasteiger partial charge in [0.1, 0.15) is 0 Å². The summed E-state index contributed by atoms with van der Waals surface area (Å²) < 4.78 is 0. The Bertz CT molecular complexity index is 696. The maximum Gasteiger partial charge on any atom is -0.0143 e. The molecule has 0 aliphatic rings. The SMILES string of the molecule is Cc1ccc2c(C)c3cc(C)ccc3c(C)c2c1. The molecular formula is C18H18. The summed E-state index contributed by atoms with van der Waals surface area (Å²) in [5.41, 5.74) is 5.46. The van der Waals surface area contributed by atoms with E-state index >= 15 is 0 Å². The van der Waals surface area contributed by atoms with Gasteiger partial charge in [-0.2, -0.15) is 0 Å². The van der Waals surface area contributed by atoms with Crippen LogP contribution in [0.3, 0.4) is 0 Å². The third kappa shape index (κ3) is 1.53. The Morgan fingerprint density at radius 1 is 0.500 bits per heavy atom. The first-order valence-corrected chi connectivity index (χ1v) is 6.48. The van der Waals surface area contributed by atoms with Crippen molar-refractivity contribution in [2.45, 2.75) is 27.7 Å². The summed E-state index contributed by atoms with van der Waals surface area (Å²) in [6, 6.07) is 13.5. The van der Waals surface area contributed by atoms with E-state index < -0.39 is 0 Å². The Balaban J connectivity index is 2.60. The molecule has 0 bridgehead atoms. The van der Waals surface area contributed by atoms with Gasteiger partial charge in [-0.05, 0) is 60.4 Å². The summed E-state index contributed by atoms with van der Waals surface area (Å²) in [5, 5.41) is 5.56. The highest BCUT2D eigenvalue weighted by atomic mass is 14.1.